The monoisotopic (exact) mass is 240 g/mol. The van der Waals surface area contributed by atoms with Gasteiger partial charge >= 0.3 is 0 Å². The number of rotatable bonds is 6. The van der Waals surface area contributed by atoms with Gasteiger partial charge in [-0.1, -0.05) is 26.2 Å². The zero-order chi connectivity index (χ0) is 12.8. The topological polar surface area (TPSA) is 49.4 Å². The summed E-state index contributed by atoms with van der Waals surface area (Å²) in [5, 5.41) is 3.00. The zero-order valence-corrected chi connectivity index (χ0v) is 11.2. The third-order valence-electron chi connectivity index (χ3n) is 3.34. The Hall–Kier alpha value is -1.06. The zero-order valence-electron chi connectivity index (χ0n) is 11.2. The molecule has 0 saturated carbocycles. The van der Waals surface area contributed by atoms with Crippen LogP contribution in [0, 0.1) is 5.92 Å². The minimum atomic E-state index is -0.152. The van der Waals surface area contributed by atoms with E-state index >= 15 is 0 Å². The number of hydrogen-bond acceptors (Lipinski definition) is 2. The number of nitrogens with one attached hydrogen (secondary N) is 1. The lowest BCUT2D eigenvalue weighted by atomic mass is 10.1. The second-order valence-electron chi connectivity index (χ2n) is 5.08. The summed E-state index contributed by atoms with van der Waals surface area (Å²) in [6.45, 7) is 4.77. The molecule has 2 amide bonds. The summed E-state index contributed by atoms with van der Waals surface area (Å²) in [5.41, 5.74) is 0. The number of unbranched alkanes of at least 4 members (excludes halogenated alkanes) is 2. The van der Waals surface area contributed by atoms with Crippen LogP contribution in [-0.4, -0.2) is 36.3 Å². The fourth-order valence-electron chi connectivity index (χ4n) is 2.17. The number of hydrogen-bond donors (Lipinski definition) is 1. The third-order valence-corrected chi connectivity index (χ3v) is 3.34. The molecule has 0 aliphatic carbocycles. The predicted octanol–water partition coefficient (Wildman–Crippen LogP) is 1.55. The molecule has 0 aromatic rings. The quantitative estimate of drug-likeness (QED) is 0.716. The molecule has 1 N–H and O–H groups in total. The predicted molar refractivity (Wildman–Crippen MR) is 67.5 cm³/mol. The van der Waals surface area contributed by atoms with Crippen LogP contribution in [0.3, 0.4) is 0 Å². The number of amides is 2. The van der Waals surface area contributed by atoms with Crippen LogP contribution < -0.4 is 5.32 Å². The maximum Gasteiger partial charge on any atom is 0.225 e. The smallest absolute Gasteiger partial charge is 0.225 e. The van der Waals surface area contributed by atoms with Gasteiger partial charge in [0.1, 0.15) is 0 Å². The van der Waals surface area contributed by atoms with Crippen molar-refractivity contribution in [3.8, 4) is 0 Å². The summed E-state index contributed by atoms with van der Waals surface area (Å²) in [6, 6.07) is 0.218. The van der Waals surface area contributed by atoms with E-state index in [9.17, 15) is 9.59 Å². The first-order valence-corrected chi connectivity index (χ1v) is 6.59. The molecule has 0 aromatic carbocycles. The summed E-state index contributed by atoms with van der Waals surface area (Å²) < 4.78 is 0. The van der Waals surface area contributed by atoms with Crippen molar-refractivity contribution in [2.45, 2.75) is 52.0 Å². The SMILES string of the molecule is CCCCCC(C)NC(=O)C1CC(=O)N(C)C1. The Bertz CT molecular complexity index is 279. The fraction of sp³-hybridized carbons (Fsp3) is 0.846. The van der Waals surface area contributed by atoms with E-state index in [1.165, 1.54) is 12.8 Å². The molecule has 4 heteroatoms. The maximum atomic E-state index is 11.9. The highest BCUT2D eigenvalue weighted by Gasteiger charge is 2.32. The van der Waals surface area contributed by atoms with Crippen molar-refractivity contribution in [3.63, 3.8) is 0 Å². The van der Waals surface area contributed by atoms with Crippen LogP contribution in [0.4, 0.5) is 0 Å². The first kappa shape index (κ1) is 14.0. The third kappa shape index (κ3) is 4.36. The van der Waals surface area contributed by atoms with E-state index in [0.717, 1.165) is 12.8 Å². The second kappa shape index (κ2) is 6.62. The minimum Gasteiger partial charge on any atom is -0.353 e. The molecule has 17 heavy (non-hydrogen) atoms. The fourth-order valence-corrected chi connectivity index (χ4v) is 2.17. The molecule has 1 aliphatic rings. The van der Waals surface area contributed by atoms with E-state index in [-0.39, 0.29) is 23.8 Å². The van der Waals surface area contributed by atoms with Crippen molar-refractivity contribution < 1.29 is 9.59 Å². The van der Waals surface area contributed by atoms with Crippen LogP contribution >= 0.6 is 0 Å². The highest BCUT2D eigenvalue weighted by molar-refractivity contribution is 5.89. The summed E-state index contributed by atoms with van der Waals surface area (Å²) in [5.74, 6) is -0.0448. The van der Waals surface area contributed by atoms with E-state index in [0.29, 0.717) is 13.0 Å². The molecular formula is C13H24N2O2. The first-order valence-electron chi connectivity index (χ1n) is 6.59. The molecule has 0 radical (unpaired) electrons. The molecule has 2 atom stereocenters. The van der Waals surface area contributed by atoms with Gasteiger partial charge in [0.2, 0.25) is 11.8 Å². The normalized spacial score (nSPS) is 21.7. The first-order chi connectivity index (χ1) is 8.04. The number of nitrogens with zero attached hydrogens (tertiary/aromatic N) is 1. The Labute approximate surface area is 104 Å². The van der Waals surface area contributed by atoms with Gasteiger partial charge in [-0.15, -0.1) is 0 Å². The summed E-state index contributed by atoms with van der Waals surface area (Å²) in [6.07, 6.45) is 4.95. The molecule has 4 nitrogen and oxygen atoms in total. The van der Waals surface area contributed by atoms with Gasteiger partial charge < -0.3 is 10.2 Å². The van der Waals surface area contributed by atoms with Crippen LogP contribution in [-0.2, 0) is 9.59 Å². The summed E-state index contributed by atoms with van der Waals surface area (Å²) in [4.78, 5) is 24.9. The van der Waals surface area contributed by atoms with Crippen LogP contribution in [0.1, 0.15) is 46.0 Å². The molecule has 2 unspecified atom stereocenters. The van der Waals surface area contributed by atoms with Gasteiger partial charge in [0.25, 0.3) is 0 Å². The Balaban J connectivity index is 2.27. The van der Waals surface area contributed by atoms with E-state index in [4.69, 9.17) is 0 Å². The lowest BCUT2D eigenvalue weighted by Crippen LogP contribution is -2.38. The van der Waals surface area contributed by atoms with Crippen molar-refractivity contribution in [2.24, 2.45) is 5.92 Å². The second-order valence-corrected chi connectivity index (χ2v) is 5.08. The van der Waals surface area contributed by atoms with E-state index in [1.54, 1.807) is 11.9 Å². The summed E-state index contributed by atoms with van der Waals surface area (Å²) >= 11 is 0. The number of carbonyl (C=O) groups excluding carboxylic acids is 2. The van der Waals surface area contributed by atoms with Gasteiger partial charge in [-0.05, 0) is 13.3 Å². The molecule has 1 fully saturated rings. The molecule has 0 spiro atoms. The van der Waals surface area contributed by atoms with Crippen molar-refractivity contribution >= 4 is 11.8 Å². The van der Waals surface area contributed by atoms with Crippen molar-refractivity contribution in [1.29, 1.82) is 0 Å². The van der Waals surface area contributed by atoms with E-state index < -0.39 is 0 Å². The molecule has 1 aliphatic heterocycles. The van der Waals surface area contributed by atoms with Crippen molar-refractivity contribution in [2.75, 3.05) is 13.6 Å². The largest absolute Gasteiger partial charge is 0.353 e. The Morgan fingerprint density at radius 1 is 1.53 bits per heavy atom. The molecular weight excluding hydrogens is 216 g/mol. The van der Waals surface area contributed by atoms with Gasteiger partial charge in [-0.2, -0.15) is 0 Å². The van der Waals surface area contributed by atoms with Crippen LogP contribution in [0.5, 0.6) is 0 Å². The molecule has 1 heterocycles. The maximum absolute atomic E-state index is 11.9. The average molecular weight is 240 g/mol. The summed E-state index contributed by atoms with van der Waals surface area (Å²) in [7, 11) is 1.75. The van der Waals surface area contributed by atoms with Gasteiger partial charge in [-0.25, -0.2) is 0 Å². The minimum absolute atomic E-state index is 0.0340. The van der Waals surface area contributed by atoms with Crippen LogP contribution in [0.25, 0.3) is 0 Å². The molecule has 0 aromatic heterocycles. The molecule has 1 rings (SSSR count). The van der Waals surface area contributed by atoms with Crippen LogP contribution in [0.2, 0.25) is 0 Å². The van der Waals surface area contributed by atoms with Crippen LogP contribution in [0.15, 0.2) is 0 Å². The lowest BCUT2D eigenvalue weighted by molar-refractivity contribution is -0.128. The van der Waals surface area contributed by atoms with Gasteiger partial charge in [-0.3, -0.25) is 9.59 Å². The molecule has 1 saturated heterocycles. The Kier molecular flexibility index (Phi) is 5.45. The molecule has 0 bridgehead atoms. The lowest BCUT2D eigenvalue weighted by Gasteiger charge is -2.16. The Morgan fingerprint density at radius 3 is 2.76 bits per heavy atom. The number of carbonyl (C=O) groups is 2. The Morgan fingerprint density at radius 2 is 2.24 bits per heavy atom. The van der Waals surface area contributed by atoms with E-state index in [1.807, 2.05) is 6.92 Å². The van der Waals surface area contributed by atoms with Crippen molar-refractivity contribution in [3.05, 3.63) is 0 Å². The van der Waals surface area contributed by atoms with Gasteiger partial charge in [0, 0.05) is 26.1 Å². The number of likely N-dealkylation sites (tertiary alicyclic amines) is 1. The van der Waals surface area contributed by atoms with Gasteiger partial charge in [0.05, 0.1) is 5.92 Å². The standard InChI is InChI=1S/C13H24N2O2/c1-4-5-6-7-10(2)14-13(17)11-8-12(16)15(3)9-11/h10-11H,4-9H2,1-3H3,(H,14,17). The van der Waals surface area contributed by atoms with Crippen molar-refractivity contribution in [1.82, 2.24) is 10.2 Å². The molecule has 98 valence electrons. The average Bonchev–Trinajstić information content (AvgIpc) is 2.60. The van der Waals surface area contributed by atoms with Gasteiger partial charge in [0.15, 0.2) is 0 Å². The highest BCUT2D eigenvalue weighted by Crippen LogP contribution is 2.16. The van der Waals surface area contributed by atoms with E-state index in [2.05, 4.69) is 12.2 Å². The highest BCUT2D eigenvalue weighted by atomic mass is 16.2.